The molecule has 0 fully saturated rings. The van der Waals surface area contributed by atoms with Gasteiger partial charge in [-0.25, -0.2) is 0 Å². The molecule has 0 atom stereocenters. The number of hydrogen-bond acceptors (Lipinski definition) is 3. The fraction of sp³-hybridized carbons (Fsp3) is 0.111. The van der Waals surface area contributed by atoms with E-state index in [1.165, 1.54) is 13.0 Å². The molecule has 1 N–H and O–H groups in total. The maximum absolute atomic E-state index is 12.3. The molecule has 0 radical (unpaired) electrons. The lowest BCUT2D eigenvalue weighted by Gasteiger charge is -2.12. The van der Waals surface area contributed by atoms with Crippen molar-refractivity contribution in [1.29, 1.82) is 0 Å². The Labute approximate surface area is 129 Å². The SMILES string of the molecule is COc1ccccc1/C(=C/C(=O)c1ccccc1)NC(C)=O. The molecule has 1 amide bonds. The van der Waals surface area contributed by atoms with Crippen molar-refractivity contribution in [3.63, 3.8) is 0 Å². The molecule has 4 nitrogen and oxygen atoms in total. The van der Waals surface area contributed by atoms with E-state index < -0.39 is 0 Å². The van der Waals surface area contributed by atoms with Crippen molar-refractivity contribution in [3.8, 4) is 5.75 Å². The van der Waals surface area contributed by atoms with Crippen LogP contribution in [0.25, 0.3) is 5.70 Å². The monoisotopic (exact) mass is 295 g/mol. The molecule has 0 saturated carbocycles. The molecule has 0 heterocycles. The van der Waals surface area contributed by atoms with Crippen molar-refractivity contribution >= 4 is 17.4 Å². The van der Waals surface area contributed by atoms with Gasteiger partial charge in [0.2, 0.25) is 5.91 Å². The molecule has 0 saturated heterocycles. The molecule has 2 aromatic carbocycles. The molecule has 22 heavy (non-hydrogen) atoms. The Hall–Kier alpha value is -2.88. The summed E-state index contributed by atoms with van der Waals surface area (Å²) >= 11 is 0. The van der Waals surface area contributed by atoms with E-state index in [0.29, 0.717) is 22.6 Å². The summed E-state index contributed by atoms with van der Waals surface area (Å²) in [6.07, 6.45) is 1.41. The Balaban J connectivity index is 2.44. The minimum absolute atomic E-state index is 0.185. The fourth-order valence-corrected chi connectivity index (χ4v) is 2.05. The van der Waals surface area contributed by atoms with Crippen LogP contribution in [-0.4, -0.2) is 18.8 Å². The Morgan fingerprint density at radius 1 is 1.00 bits per heavy atom. The maximum atomic E-state index is 12.3. The smallest absolute Gasteiger partial charge is 0.221 e. The number of ether oxygens (including phenoxy) is 1. The van der Waals surface area contributed by atoms with E-state index in [1.807, 2.05) is 18.2 Å². The summed E-state index contributed by atoms with van der Waals surface area (Å²) in [5, 5.41) is 2.69. The standard InChI is InChI=1S/C18H17NO3/c1-13(20)19-16(15-10-6-7-11-18(15)22-2)12-17(21)14-8-4-3-5-9-14/h3-12H,1-2H3,(H,19,20)/b16-12-. The minimum atomic E-state index is -0.252. The number of amides is 1. The van der Waals surface area contributed by atoms with Gasteiger partial charge in [-0.15, -0.1) is 0 Å². The van der Waals surface area contributed by atoms with Gasteiger partial charge in [0.25, 0.3) is 0 Å². The molecule has 0 spiro atoms. The highest BCUT2D eigenvalue weighted by Crippen LogP contribution is 2.24. The Morgan fingerprint density at radius 2 is 1.64 bits per heavy atom. The van der Waals surface area contributed by atoms with Gasteiger partial charge in [-0.2, -0.15) is 0 Å². The van der Waals surface area contributed by atoms with Crippen LogP contribution < -0.4 is 10.1 Å². The summed E-state index contributed by atoms with van der Waals surface area (Å²) in [6.45, 7) is 1.40. The van der Waals surface area contributed by atoms with Gasteiger partial charge in [-0.3, -0.25) is 9.59 Å². The predicted octanol–water partition coefficient (Wildman–Crippen LogP) is 3.06. The Morgan fingerprint density at radius 3 is 2.27 bits per heavy atom. The first-order valence-corrected chi connectivity index (χ1v) is 6.84. The molecule has 2 aromatic rings. The molecular weight excluding hydrogens is 278 g/mol. The highest BCUT2D eigenvalue weighted by Gasteiger charge is 2.12. The van der Waals surface area contributed by atoms with Crippen LogP contribution in [0.2, 0.25) is 0 Å². The number of rotatable bonds is 5. The predicted molar refractivity (Wildman–Crippen MR) is 85.6 cm³/mol. The van der Waals surface area contributed by atoms with Crippen molar-refractivity contribution < 1.29 is 14.3 Å². The molecule has 0 aromatic heterocycles. The lowest BCUT2D eigenvalue weighted by molar-refractivity contribution is -0.117. The number of carbonyl (C=O) groups is 2. The summed E-state index contributed by atoms with van der Waals surface area (Å²) < 4.78 is 5.29. The van der Waals surface area contributed by atoms with E-state index in [1.54, 1.807) is 43.5 Å². The van der Waals surface area contributed by atoms with E-state index in [9.17, 15) is 9.59 Å². The third-order valence-corrected chi connectivity index (χ3v) is 3.04. The third-order valence-electron chi connectivity index (χ3n) is 3.04. The van der Waals surface area contributed by atoms with Gasteiger partial charge >= 0.3 is 0 Å². The zero-order valence-electron chi connectivity index (χ0n) is 12.5. The first-order chi connectivity index (χ1) is 10.6. The van der Waals surface area contributed by atoms with Gasteiger partial charge in [0.1, 0.15) is 5.75 Å². The van der Waals surface area contributed by atoms with Crippen LogP contribution in [0.1, 0.15) is 22.8 Å². The summed E-state index contributed by atoms with van der Waals surface area (Å²) in [5.74, 6) is 0.150. The molecular formula is C18H17NO3. The van der Waals surface area contributed by atoms with Gasteiger partial charge in [-0.1, -0.05) is 42.5 Å². The van der Waals surface area contributed by atoms with Gasteiger partial charge in [0, 0.05) is 24.1 Å². The summed E-state index contributed by atoms with van der Waals surface area (Å²) in [6, 6.07) is 16.1. The molecule has 0 unspecified atom stereocenters. The van der Waals surface area contributed by atoms with Gasteiger partial charge in [0.05, 0.1) is 12.8 Å². The number of allylic oxidation sites excluding steroid dienone is 1. The lowest BCUT2D eigenvalue weighted by Crippen LogP contribution is -2.19. The third kappa shape index (κ3) is 3.82. The van der Waals surface area contributed by atoms with Crippen molar-refractivity contribution in [2.75, 3.05) is 7.11 Å². The summed E-state index contributed by atoms with van der Waals surface area (Å²) in [5.41, 5.74) is 1.63. The van der Waals surface area contributed by atoms with Crippen LogP contribution in [0.3, 0.4) is 0 Å². The zero-order valence-corrected chi connectivity index (χ0v) is 12.5. The number of carbonyl (C=O) groups excluding carboxylic acids is 2. The van der Waals surface area contributed by atoms with Gasteiger partial charge < -0.3 is 10.1 Å². The van der Waals surface area contributed by atoms with Crippen LogP contribution >= 0.6 is 0 Å². The number of nitrogens with one attached hydrogen (secondary N) is 1. The van der Waals surface area contributed by atoms with Crippen molar-refractivity contribution in [3.05, 3.63) is 71.8 Å². The first-order valence-electron chi connectivity index (χ1n) is 6.84. The topological polar surface area (TPSA) is 55.4 Å². The van der Waals surface area contributed by atoms with E-state index in [2.05, 4.69) is 5.32 Å². The quantitative estimate of drug-likeness (QED) is 0.681. The van der Waals surface area contributed by atoms with E-state index in [4.69, 9.17) is 4.74 Å². The second kappa shape index (κ2) is 7.22. The van der Waals surface area contributed by atoms with Crippen molar-refractivity contribution in [2.45, 2.75) is 6.92 Å². The number of benzene rings is 2. The van der Waals surface area contributed by atoms with Gasteiger partial charge in [-0.05, 0) is 12.1 Å². The van der Waals surface area contributed by atoms with Crippen LogP contribution in [-0.2, 0) is 4.79 Å². The molecule has 0 aliphatic carbocycles. The largest absolute Gasteiger partial charge is 0.496 e. The van der Waals surface area contributed by atoms with Crippen molar-refractivity contribution in [2.24, 2.45) is 0 Å². The minimum Gasteiger partial charge on any atom is -0.496 e. The van der Waals surface area contributed by atoms with Crippen LogP contribution in [0.15, 0.2) is 60.7 Å². The lowest BCUT2D eigenvalue weighted by atomic mass is 10.1. The molecule has 0 aliphatic rings. The number of para-hydroxylation sites is 1. The van der Waals surface area contributed by atoms with Gasteiger partial charge in [0.15, 0.2) is 5.78 Å². The van der Waals surface area contributed by atoms with E-state index in [-0.39, 0.29) is 11.7 Å². The second-order valence-corrected chi connectivity index (χ2v) is 4.67. The second-order valence-electron chi connectivity index (χ2n) is 4.67. The fourth-order valence-electron chi connectivity index (χ4n) is 2.05. The molecule has 112 valence electrons. The Bertz CT molecular complexity index is 705. The van der Waals surface area contributed by atoms with Crippen LogP contribution in [0, 0.1) is 0 Å². The van der Waals surface area contributed by atoms with E-state index >= 15 is 0 Å². The highest BCUT2D eigenvalue weighted by molar-refractivity contribution is 6.09. The first kappa shape index (κ1) is 15.5. The molecule has 2 rings (SSSR count). The molecule has 4 heteroatoms. The average molecular weight is 295 g/mol. The number of hydrogen-bond donors (Lipinski definition) is 1. The molecule has 0 aliphatic heterocycles. The summed E-state index contributed by atoms with van der Waals surface area (Å²) in [7, 11) is 1.54. The van der Waals surface area contributed by atoms with E-state index in [0.717, 1.165) is 0 Å². The van der Waals surface area contributed by atoms with Crippen LogP contribution in [0.5, 0.6) is 5.75 Å². The number of ketones is 1. The van der Waals surface area contributed by atoms with Crippen LogP contribution in [0.4, 0.5) is 0 Å². The normalized spacial score (nSPS) is 10.9. The summed E-state index contributed by atoms with van der Waals surface area (Å²) in [4.78, 5) is 23.8. The maximum Gasteiger partial charge on any atom is 0.221 e. The zero-order chi connectivity index (χ0) is 15.9. The molecule has 0 bridgehead atoms. The number of methoxy groups -OCH3 is 1. The average Bonchev–Trinajstić information content (AvgIpc) is 2.54. The highest BCUT2D eigenvalue weighted by atomic mass is 16.5. The Kier molecular flexibility index (Phi) is 5.09. The van der Waals surface area contributed by atoms with Crippen molar-refractivity contribution in [1.82, 2.24) is 5.32 Å².